The number of hydrogen-bond acceptors (Lipinski definition) is 5. The monoisotopic (exact) mass is 347 g/mol. The second-order valence-electron chi connectivity index (χ2n) is 4.72. The van der Waals surface area contributed by atoms with Gasteiger partial charge in [-0.15, -0.1) is 5.10 Å². The fourth-order valence-corrected chi connectivity index (χ4v) is 2.25. The molecule has 7 nitrogen and oxygen atoms in total. The maximum Gasteiger partial charge on any atom is 0.259 e. The van der Waals surface area contributed by atoms with Crippen molar-refractivity contribution in [1.82, 2.24) is 20.2 Å². The van der Waals surface area contributed by atoms with Gasteiger partial charge in [-0.25, -0.2) is 9.07 Å². The summed E-state index contributed by atoms with van der Waals surface area (Å²) in [6.45, 7) is 0. The second kappa shape index (κ2) is 6.63. The molecule has 0 saturated heterocycles. The number of carbonyl (C=O) groups excluding carboxylic acids is 1. The Hall–Kier alpha value is -3.00. The first kappa shape index (κ1) is 15.9. The fraction of sp³-hybridized carbons (Fsp3) is 0.0667. The van der Waals surface area contributed by atoms with Gasteiger partial charge in [0.1, 0.15) is 17.9 Å². The minimum atomic E-state index is -0.596. The Morgan fingerprint density at radius 2 is 2.12 bits per heavy atom. The first-order valence-corrected chi connectivity index (χ1v) is 7.14. The van der Waals surface area contributed by atoms with Gasteiger partial charge in [0, 0.05) is 5.02 Å². The minimum Gasteiger partial charge on any atom is -0.496 e. The number of halogens is 2. The smallest absolute Gasteiger partial charge is 0.259 e. The van der Waals surface area contributed by atoms with Crippen LogP contribution in [0.1, 0.15) is 10.4 Å². The predicted molar refractivity (Wildman–Crippen MR) is 85.1 cm³/mol. The van der Waals surface area contributed by atoms with Gasteiger partial charge in [0.15, 0.2) is 0 Å². The van der Waals surface area contributed by atoms with E-state index in [0.29, 0.717) is 16.5 Å². The molecule has 1 heterocycles. The van der Waals surface area contributed by atoms with Gasteiger partial charge < -0.3 is 10.1 Å². The summed E-state index contributed by atoms with van der Waals surface area (Å²) < 4.78 is 20.5. The van der Waals surface area contributed by atoms with E-state index in [9.17, 15) is 9.18 Å². The number of nitrogens with one attached hydrogen (secondary N) is 1. The van der Waals surface area contributed by atoms with Gasteiger partial charge >= 0.3 is 0 Å². The Morgan fingerprint density at radius 3 is 2.83 bits per heavy atom. The number of ether oxygens (including phenoxy) is 1. The molecular weight excluding hydrogens is 337 g/mol. The lowest BCUT2D eigenvalue weighted by Gasteiger charge is -2.11. The van der Waals surface area contributed by atoms with Crippen molar-refractivity contribution in [2.75, 3.05) is 12.4 Å². The van der Waals surface area contributed by atoms with Crippen LogP contribution in [-0.2, 0) is 0 Å². The first-order valence-electron chi connectivity index (χ1n) is 6.76. The average molecular weight is 348 g/mol. The standard InChI is InChI=1S/C15H11ClFN5O2/c1-24-14-5-2-9(16)6-11(14)15(23)19-13-7-10(3-4-12(13)17)22-8-18-20-21-22/h2-8H,1H3,(H,19,23). The lowest BCUT2D eigenvalue weighted by molar-refractivity contribution is 0.102. The van der Waals surface area contributed by atoms with Crippen LogP contribution in [0.15, 0.2) is 42.7 Å². The third-order valence-corrected chi connectivity index (χ3v) is 3.45. The molecule has 24 heavy (non-hydrogen) atoms. The van der Waals surface area contributed by atoms with Crippen LogP contribution in [0.2, 0.25) is 5.02 Å². The van der Waals surface area contributed by atoms with Crippen molar-refractivity contribution in [3.8, 4) is 11.4 Å². The van der Waals surface area contributed by atoms with Crippen molar-refractivity contribution in [3.05, 3.63) is 59.1 Å². The third-order valence-electron chi connectivity index (χ3n) is 3.22. The molecule has 0 aliphatic carbocycles. The van der Waals surface area contributed by atoms with E-state index in [2.05, 4.69) is 20.8 Å². The minimum absolute atomic E-state index is 0.0185. The summed E-state index contributed by atoms with van der Waals surface area (Å²) in [5, 5.41) is 13.6. The van der Waals surface area contributed by atoms with Crippen LogP contribution < -0.4 is 10.1 Å². The highest BCUT2D eigenvalue weighted by Gasteiger charge is 2.15. The molecule has 1 aromatic heterocycles. The van der Waals surface area contributed by atoms with E-state index in [1.807, 2.05) is 0 Å². The van der Waals surface area contributed by atoms with Gasteiger partial charge in [-0.3, -0.25) is 4.79 Å². The van der Waals surface area contributed by atoms with Crippen LogP contribution in [0.3, 0.4) is 0 Å². The van der Waals surface area contributed by atoms with Crippen LogP contribution in [-0.4, -0.2) is 33.2 Å². The lowest BCUT2D eigenvalue weighted by Crippen LogP contribution is -2.14. The van der Waals surface area contributed by atoms with Crippen molar-refractivity contribution in [1.29, 1.82) is 0 Å². The number of benzene rings is 2. The molecule has 1 N–H and O–H groups in total. The van der Waals surface area contributed by atoms with Gasteiger partial charge in [0.25, 0.3) is 5.91 Å². The number of aromatic nitrogens is 4. The van der Waals surface area contributed by atoms with Crippen molar-refractivity contribution in [2.24, 2.45) is 0 Å². The zero-order valence-electron chi connectivity index (χ0n) is 12.4. The Morgan fingerprint density at radius 1 is 1.29 bits per heavy atom. The molecule has 2 aromatic carbocycles. The molecule has 0 aliphatic heterocycles. The zero-order chi connectivity index (χ0) is 17.1. The average Bonchev–Trinajstić information content (AvgIpc) is 3.11. The van der Waals surface area contributed by atoms with E-state index >= 15 is 0 Å². The lowest BCUT2D eigenvalue weighted by atomic mass is 10.1. The summed E-state index contributed by atoms with van der Waals surface area (Å²) >= 11 is 5.91. The number of tetrazole rings is 1. The quantitative estimate of drug-likeness (QED) is 0.784. The third kappa shape index (κ3) is 3.18. The first-order chi connectivity index (χ1) is 11.6. The Labute approximate surface area is 141 Å². The highest BCUT2D eigenvalue weighted by molar-refractivity contribution is 6.31. The topological polar surface area (TPSA) is 81.9 Å². The number of anilines is 1. The number of nitrogens with zero attached hydrogens (tertiary/aromatic N) is 4. The molecule has 0 spiro atoms. The molecule has 0 saturated carbocycles. The summed E-state index contributed by atoms with van der Waals surface area (Å²) in [5.74, 6) is -0.822. The van der Waals surface area contributed by atoms with E-state index in [1.54, 1.807) is 12.1 Å². The molecule has 122 valence electrons. The SMILES string of the molecule is COc1ccc(Cl)cc1C(=O)Nc1cc(-n2cnnn2)ccc1F. The molecule has 0 atom stereocenters. The number of hydrogen-bond donors (Lipinski definition) is 1. The van der Waals surface area contributed by atoms with Gasteiger partial charge in [0.05, 0.1) is 24.0 Å². The molecule has 0 radical (unpaired) electrons. The van der Waals surface area contributed by atoms with E-state index in [1.165, 1.54) is 42.4 Å². The highest BCUT2D eigenvalue weighted by Crippen LogP contribution is 2.25. The maximum atomic E-state index is 14.0. The van der Waals surface area contributed by atoms with Crippen LogP contribution in [0.25, 0.3) is 5.69 Å². The molecule has 3 rings (SSSR count). The van der Waals surface area contributed by atoms with Crippen molar-refractivity contribution in [3.63, 3.8) is 0 Å². The molecule has 0 unspecified atom stereocenters. The summed E-state index contributed by atoms with van der Waals surface area (Å²) in [6.07, 6.45) is 1.36. The number of rotatable bonds is 4. The Bertz CT molecular complexity index is 886. The second-order valence-corrected chi connectivity index (χ2v) is 5.15. The fourth-order valence-electron chi connectivity index (χ4n) is 2.08. The van der Waals surface area contributed by atoms with Gasteiger partial charge in [-0.2, -0.15) is 0 Å². The summed E-state index contributed by atoms with van der Waals surface area (Å²) in [4.78, 5) is 12.4. The highest BCUT2D eigenvalue weighted by atomic mass is 35.5. The van der Waals surface area contributed by atoms with Crippen molar-refractivity contribution < 1.29 is 13.9 Å². The van der Waals surface area contributed by atoms with Gasteiger partial charge in [-0.1, -0.05) is 11.6 Å². The van der Waals surface area contributed by atoms with Gasteiger partial charge in [-0.05, 0) is 46.8 Å². The van der Waals surface area contributed by atoms with Gasteiger partial charge in [0.2, 0.25) is 0 Å². The molecule has 3 aromatic rings. The Balaban J connectivity index is 1.92. The summed E-state index contributed by atoms with van der Waals surface area (Å²) in [7, 11) is 1.43. The maximum absolute atomic E-state index is 14.0. The predicted octanol–water partition coefficient (Wildman–Crippen LogP) is 2.72. The molecule has 9 heteroatoms. The molecule has 1 amide bonds. The zero-order valence-corrected chi connectivity index (χ0v) is 13.2. The van der Waals surface area contributed by atoms with Crippen LogP contribution >= 0.6 is 11.6 Å². The summed E-state index contributed by atoms with van der Waals surface area (Å²) in [6, 6.07) is 8.71. The summed E-state index contributed by atoms with van der Waals surface area (Å²) in [5.41, 5.74) is 0.669. The number of carbonyl (C=O) groups is 1. The van der Waals surface area contributed by atoms with E-state index in [0.717, 1.165) is 0 Å². The van der Waals surface area contributed by atoms with E-state index in [-0.39, 0.29) is 11.3 Å². The van der Waals surface area contributed by atoms with Crippen molar-refractivity contribution in [2.45, 2.75) is 0 Å². The normalized spacial score (nSPS) is 10.5. The van der Waals surface area contributed by atoms with E-state index < -0.39 is 11.7 Å². The van der Waals surface area contributed by atoms with E-state index in [4.69, 9.17) is 16.3 Å². The molecule has 0 bridgehead atoms. The van der Waals surface area contributed by atoms with Crippen LogP contribution in [0.4, 0.5) is 10.1 Å². The van der Waals surface area contributed by atoms with Crippen LogP contribution in [0, 0.1) is 5.82 Å². The van der Waals surface area contributed by atoms with Crippen LogP contribution in [0.5, 0.6) is 5.75 Å². The largest absolute Gasteiger partial charge is 0.496 e. The Kier molecular flexibility index (Phi) is 4.39. The molecule has 0 aliphatic rings. The number of methoxy groups -OCH3 is 1. The molecule has 0 fully saturated rings. The molecular formula is C15H11ClFN5O2. The number of amides is 1. The van der Waals surface area contributed by atoms with Crippen molar-refractivity contribution >= 4 is 23.2 Å².